The molecule has 0 unspecified atom stereocenters. The van der Waals surface area contributed by atoms with Crippen LogP contribution in [0.5, 0.6) is 5.75 Å². The fourth-order valence-corrected chi connectivity index (χ4v) is 4.53. The van der Waals surface area contributed by atoms with E-state index in [1.165, 1.54) is 10.6 Å². The lowest BCUT2D eigenvalue weighted by molar-refractivity contribution is 0.0437. The summed E-state index contributed by atoms with van der Waals surface area (Å²) in [6, 6.07) is 12.5. The Morgan fingerprint density at radius 3 is 2.72 bits per heavy atom. The lowest BCUT2D eigenvalue weighted by Crippen LogP contribution is -2.61. The average molecular weight is 414 g/mol. The molecule has 0 bridgehead atoms. The van der Waals surface area contributed by atoms with Crippen molar-refractivity contribution in [3.8, 4) is 5.75 Å². The van der Waals surface area contributed by atoms with Crippen molar-refractivity contribution in [1.82, 2.24) is 19.2 Å². The number of amides is 1. The van der Waals surface area contributed by atoms with Gasteiger partial charge in [-0.15, -0.1) is 0 Å². The number of benzene rings is 1. The van der Waals surface area contributed by atoms with Crippen molar-refractivity contribution in [3.05, 3.63) is 60.0 Å². The van der Waals surface area contributed by atoms with E-state index in [2.05, 4.69) is 9.97 Å². The predicted octanol–water partition coefficient (Wildman–Crippen LogP) is 1.86. The third-order valence-corrected chi connectivity index (χ3v) is 6.37. The summed E-state index contributed by atoms with van der Waals surface area (Å²) in [6.07, 6.45) is 2.82. The zero-order chi connectivity index (χ0) is 20.6. The Labute approximate surface area is 169 Å². The number of rotatable bonds is 6. The molecule has 1 fully saturated rings. The van der Waals surface area contributed by atoms with E-state index in [0.29, 0.717) is 30.2 Å². The van der Waals surface area contributed by atoms with E-state index in [4.69, 9.17) is 4.74 Å². The Balaban J connectivity index is 1.47. The molecule has 0 aliphatic carbocycles. The van der Waals surface area contributed by atoms with Crippen LogP contribution >= 0.6 is 0 Å². The fraction of sp³-hybridized carbons (Fsp3) is 0.300. The first-order valence-electron chi connectivity index (χ1n) is 9.18. The normalized spacial score (nSPS) is 14.9. The molecule has 1 aliphatic rings. The van der Waals surface area contributed by atoms with E-state index in [1.54, 1.807) is 36.4 Å². The van der Waals surface area contributed by atoms with Crippen LogP contribution in [0.3, 0.4) is 0 Å². The number of methoxy groups -OCH3 is 1. The molecule has 8 nitrogen and oxygen atoms in total. The van der Waals surface area contributed by atoms with Gasteiger partial charge in [0.1, 0.15) is 11.4 Å². The first-order valence-corrected chi connectivity index (χ1v) is 11.0. The second kappa shape index (κ2) is 7.49. The number of carbonyl (C=O) groups is 1. The molecule has 1 saturated heterocycles. The maximum absolute atomic E-state index is 12.8. The summed E-state index contributed by atoms with van der Waals surface area (Å²) in [7, 11) is -1.84. The summed E-state index contributed by atoms with van der Waals surface area (Å²) >= 11 is 0. The van der Waals surface area contributed by atoms with Crippen LogP contribution in [0.4, 0.5) is 0 Å². The number of aromatic amines is 1. The highest BCUT2D eigenvalue weighted by molar-refractivity contribution is 7.88. The molecule has 0 atom stereocenters. The van der Waals surface area contributed by atoms with Crippen LogP contribution < -0.4 is 4.74 Å². The summed E-state index contributed by atoms with van der Waals surface area (Å²) in [6.45, 7) is 0.882. The molecule has 29 heavy (non-hydrogen) atoms. The Hall–Kier alpha value is -2.91. The van der Waals surface area contributed by atoms with E-state index in [0.717, 1.165) is 10.9 Å². The number of sulfonamides is 1. The number of likely N-dealkylation sites (tertiary alicyclic amines) is 1. The third-order valence-electron chi connectivity index (χ3n) is 5.09. The highest BCUT2D eigenvalue weighted by atomic mass is 32.2. The Bertz CT molecular complexity index is 1140. The number of nitrogens with one attached hydrogen (secondary N) is 1. The monoisotopic (exact) mass is 414 g/mol. The van der Waals surface area contributed by atoms with E-state index in [1.807, 2.05) is 24.3 Å². The maximum Gasteiger partial charge on any atom is 0.270 e. The van der Waals surface area contributed by atoms with Crippen LogP contribution in [0.1, 0.15) is 16.2 Å². The maximum atomic E-state index is 12.8. The molecular weight excluding hydrogens is 392 g/mol. The topological polar surface area (TPSA) is 95.6 Å². The zero-order valence-corrected chi connectivity index (χ0v) is 17.0. The van der Waals surface area contributed by atoms with Gasteiger partial charge < -0.3 is 14.6 Å². The first-order chi connectivity index (χ1) is 13.8. The average Bonchev–Trinajstić information content (AvgIpc) is 3.09. The molecule has 1 N–H and O–H groups in total. The van der Waals surface area contributed by atoms with Crippen LogP contribution in [0.25, 0.3) is 10.9 Å². The summed E-state index contributed by atoms with van der Waals surface area (Å²) in [5.74, 6) is 0.559. The number of aromatic nitrogens is 2. The minimum absolute atomic E-state index is 0.150. The molecule has 9 heteroatoms. The third kappa shape index (κ3) is 3.96. The lowest BCUT2D eigenvalue weighted by atomic mass is 10.1. The van der Waals surface area contributed by atoms with Crippen molar-refractivity contribution in [3.63, 3.8) is 0 Å². The molecule has 3 aromatic rings. The van der Waals surface area contributed by atoms with Gasteiger partial charge in [0.05, 0.1) is 31.6 Å². The Morgan fingerprint density at radius 2 is 2.07 bits per heavy atom. The van der Waals surface area contributed by atoms with Crippen molar-refractivity contribution < 1.29 is 17.9 Å². The van der Waals surface area contributed by atoms with Crippen molar-refractivity contribution in [1.29, 1.82) is 0 Å². The van der Waals surface area contributed by atoms with Gasteiger partial charge in [0.15, 0.2) is 0 Å². The number of nitrogens with zero attached hydrogens (tertiary/aromatic N) is 3. The summed E-state index contributed by atoms with van der Waals surface area (Å²) in [5.41, 5.74) is 1.97. The molecule has 1 aromatic carbocycles. The Kier molecular flexibility index (Phi) is 5.01. The van der Waals surface area contributed by atoms with E-state index >= 15 is 0 Å². The summed E-state index contributed by atoms with van der Waals surface area (Å²) in [4.78, 5) is 21.8. The second-order valence-corrected chi connectivity index (χ2v) is 9.06. The molecular formula is C20H22N4O4S. The van der Waals surface area contributed by atoms with Crippen LogP contribution in [0, 0.1) is 0 Å². The molecule has 0 saturated carbocycles. The lowest BCUT2D eigenvalue weighted by Gasteiger charge is -2.43. The summed E-state index contributed by atoms with van der Waals surface area (Å²) < 4.78 is 31.2. The SMILES string of the molecule is COc1ccc2cc(C(=O)N3CC(N(Cc4ccccn4)S(C)(=O)=O)C3)[nH]c2c1. The number of hydrogen-bond acceptors (Lipinski definition) is 5. The largest absolute Gasteiger partial charge is 0.497 e. The fourth-order valence-electron chi connectivity index (χ4n) is 3.49. The van der Waals surface area contributed by atoms with Gasteiger partial charge in [0.25, 0.3) is 5.91 Å². The van der Waals surface area contributed by atoms with Gasteiger partial charge in [-0.05, 0) is 30.3 Å². The highest BCUT2D eigenvalue weighted by Crippen LogP contribution is 2.25. The van der Waals surface area contributed by atoms with Crippen LogP contribution in [0.15, 0.2) is 48.7 Å². The predicted molar refractivity (Wildman–Crippen MR) is 109 cm³/mol. The molecule has 4 rings (SSSR count). The van der Waals surface area contributed by atoms with E-state index in [-0.39, 0.29) is 18.5 Å². The van der Waals surface area contributed by atoms with Gasteiger partial charge in [-0.25, -0.2) is 8.42 Å². The first kappa shape index (κ1) is 19.4. The van der Waals surface area contributed by atoms with Crippen LogP contribution in [0.2, 0.25) is 0 Å². The molecule has 0 radical (unpaired) electrons. The number of fused-ring (bicyclic) bond motifs is 1. The Morgan fingerprint density at radius 1 is 1.28 bits per heavy atom. The van der Waals surface area contributed by atoms with Gasteiger partial charge in [-0.2, -0.15) is 4.31 Å². The van der Waals surface area contributed by atoms with Gasteiger partial charge in [0.2, 0.25) is 10.0 Å². The molecule has 3 heterocycles. The number of carbonyl (C=O) groups excluding carboxylic acids is 1. The van der Waals surface area contributed by atoms with Gasteiger partial charge in [-0.1, -0.05) is 6.07 Å². The zero-order valence-electron chi connectivity index (χ0n) is 16.2. The van der Waals surface area contributed by atoms with Gasteiger partial charge in [-0.3, -0.25) is 9.78 Å². The molecule has 152 valence electrons. The van der Waals surface area contributed by atoms with Crippen LogP contribution in [-0.2, 0) is 16.6 Å². The molecule has 0 spiro atoms. The molecule has 1 amide bonds. The standard InChI is InChI=1S/C20H22N4O4S/c1-28-17-7-6-14-9-19(22-18(14)10-17)20(25)23-12-16(13-23)24(29(2,26)27)11-15-5-3-4-8-21-15/h3-10,16,22H,11-13H2,1-2H3. The highest BCUT2D eigenvalue weighted by Gasteiger charge is 2.39. The summed E-state index contributed by atoms with van der Waals surface area (Å²) in [5, 5.41) is 0.916. The molecule has 1 aliphatic heterocycles. The van der Waals surface area contributed by atoms with Crippen molar-refractivity contribution in [2.75, 3.05) is 26.5 Å². The van der Waals surface area contributed by atoms with Gasteiger partial charge >= 0.3 is 0 Å². The second-order valence-electron chi connectivity index (χ2n) is 7.13. The minimum atomic E-state index is -3.43. The van der Waals surface area contributed by atoms with E-state index in [9.17, 15) is 13.2 Å². The van der Waals surface area contributed by atoms with Gasteiger partial charge in [0, 0.05) is 36.3 Å². The van der Waals surface area contributed by atoms with Crippen molar-refractivity contribution >= 4 is 26.8 Å². The number of H-pyrrole nitrogens is 1. The number of ether oxygens (including phenoxy) is 1. The smallest absolute Gasteiger partial charge is 0.270 e. The van der Waals surface area contributed by atoms with Crippen molar-refractivity contribution in [2.45, 2.75) is 12.6 Å². The number of pyridine rings is 1. The van der Waals surface area contributed by atoms with Crippen molar-refractivity contribution in [2.24, 2.45) is 0 Å². The quantitative estimate of drug-likeness (QED) is 0.664. The molecule has 2 aromatic heterocycles. The van der Waals surface area contributed by atoms with Crippen LogP contribution in [-0.4, -0.2) is 66.0 Å². The number of hydrogen-bond donors (Lipinski definition) is 1. The minimum Gasteiger partial charge on any atom is -0.497 e. The van der Waals surface area contributed by atoms with E-state index < -0.39 is 10.0 Å².